The predicted octanol–water partition coefficient (Wildman–Crippen LogP) is 4.19. The molecule has 1 N–H and O–H groups in total. The summed E-state index contributed by atoms with van der Waals surface area (Å²) in [5, 5.41) is 13.8. The molecule has 1 aromatic heterocycles. The summed E-state index contributed by atoms with van der Waals surface area (Å²) in [4.78, 5) is 30.9. The third-order valence-electron chi connectivity index (χ3n) is 4.32. The van der Waals surface area contributed by atoms with Crippen LogP contribution in [0.1, 0.15) is 5.56 Å². The van der Waals surface area contributed by atoms with E-state index in [1.165, 1.54) is 22.5 Å². The molecule has 142 valence electrons. The lowest BCUT2D eigenvalue weighted by atomic mass is 10.1. The SMILES string of the molecule is N#Cc1c(N=C[C@H]2C(=O)NC(=S)N(c3ccc(Cl)cc3)C2=O)sc2ccccc12. The molecule has 0 aliphatic carbocycles. The van der Waals surface area contributed by atoms with E-state index in [9.17, 15) is 14.9 Å². The molecule has 29 heavy (non-hydrogen) atoms. The highest BCUT2D eigenvalue weighted by Gasteiger charge is 2.38. The molecule has 4 rings (SSSR count). The van der Waals surface area contributed by atoms with Crippen molar-refractivity contribution in [3.63, 3.8) is 0 Å². The average molecular weight is 439 g/mol. The maximum Gasteiger partial charge on any atom is 0.251 e. The molecule has 0 saturated carbocycles. The van der Waals surface area contributed by atoms with Gasteiger partial charge >= 0.3 is 0 Å². The summed E-state index contributed by atoms with van der Waals surface area (Å²) in [5.74, 6) is -2.26. The number of aliphatic imine (C=N–C) groups is 1. The molecule has 1 saturated heterocycles. The van der Waals surface area contributed by atoms with Crippen LogP contribution >= 0.6 is 35.2 Å². The van der Waals surface area contributed by atoms with Gasteiger partial charge in [0.25, 0.3) is 5.91 Å². The lowest BCUT2D eigenvalue weighted by Crippen LogP contribution is -2.58. The van der Waals surface area contributed by atoms with Crippen molar-refractivity contribution in [1.82, 2.24) is 5.32 Å². The van der Waals surface area contributed by atoms with Crippen LogP contribution in [0.5, 0.6) is 0 Å². The smallest absolute Gasteiger partial charge is 0.251 e. The van der Waals surface area contributed by atoms with Crippen molar-refractivity contribution < 1.29 is 9.59 Å². The zero-order valence-electron chi connectivity index (χ0n) is 14.6. The molecule has 0 unspecified atom stereocenters. The molecule has 1 fully saturated rings. The quantitative estimate of drug-likeness (QED) is 0.377. The van der Waals surface area contributed by atoms with Crippen LogP contribution in [0.15, 0.2) is 53.5 Å². The lowest BCUT2D eigenvalue weighted by molar-refractivity contribution is -0.130. The Morgan fingerprint density at radius 3 is 2.66 bits per heavy atom. The number of thiophene rings is 1. The summed E-state index contributed by atoms with van der Waals surface area (Å²) < 4.78 is 0.902. The van der Waals surface area contributed by atoms with E-state index in [1.807, 2.05) is 24.3 Å². The van der Waals surface area contributed by atoms with Gasteiger partial charge in [0.1, 0.15) is 11.1 Å². The largest absolute Gasteiger partial charge is 0.301 e. The Balaban J connectivity index is 1.68. The highest BCUT2D eigenvalue weighted by atomic mass is 35.5. The van der Waals surface area contributed by atoms with Crippen molar-refractivity contribution in [2.45, 2.75) is 0 Å². The van der Waals surface area contributed by atoms with E-state index in [4.69, 9.17) is 23.8 Å². The second kappa shape index (κ2) is 7.72. The van der Waals surface area contributed by atoms with E-state index in [1.54, 1.807) is 24.3 Å². The van der Waals surface area contributed by atoms with Gasteiger partial charge in [0.2, 0.25) is 5.91 Å². The molecule has 3 aromatic rings. The van der Waals surface area contributed by atoms with Gasteiger partial charge in [0, 0.05) is 21.3 Å². The van der Waals surface area contributed by atoms with Gasteiger partial charge in [-0.25, -0.2) is 4.99 Å². The molecular formula is C20H11ClN4O2S2. The molecule has 0 radical (unpaired) electrons. The highest BCUT2D eigenvalue weighted by Crippen LogP contribution is 2.37. The first kappa shape index (κ1) is 19.2. The minimum Gasteiger partial charge on any atom is -0.301 e. The summed E-state index contributed by atoms with van der Waals surface area (Å²) >= 11 is 12.4. The van der Waals surface area contributed by atoms with Crippen LogP contribution in [0.2, 0.25) is 5.02 Å². The second-order valence-corrected chi connectivity index (χ2v) is 7.94. The molecule has 2 aromatic carbocycles. The zero-order valence-corrected chi connectivity index (χ0v) is 17.0. The Bertz CT molecular complexity index is 1230. The van der Waals surface area contributed by atoms with Crippen LogP contribution < -0.4 is 10.2 Å². The topological polar surface area (TPSA) is 85.6 Å². The number of carbonyl (C=O) groups is 2. The fourth-order valence-corrected chi connectivity index (χ4v) is 4.36. The maximum absolute atomic E-state index is 13.0. The number of benzene rings is 2. The van der Waals surface area contributed by atoms with Gasteiger partial charge in [-0.3, -0.25) is 14.5 Å². The van der Waals surface area contributed by atoms with E-state index in [2.05, 4.69) is 16.4 Å². The van der Waals surface area contributed by atoms with Crippen molar-refractivity contribution in [1.29, 1.82) is 5.26 Å². The summed E-state index contributed by atoms with van der Waals surface area (Å²) in [6, 6.07) is 16.1. The minimum atomic E-state index is -1.17. The molecule has 1 aliphatic heterocycles. The van der Waals surface area contributed by atoms with Crippen molar-refractivity contribution in [3.05, 3.63) is 59.1 Å². The number of fused-ring (bicyclic) bond motifs is 1. The number of rotatable bonds is 3. The van der Waals surface area contributed by atoms with Gasteiger partial charge in [0.05, 0.1) is 11.3 Å². The van der Waals surface area contributed by atoms with Gasteiger partial charge in [-0.1, -0.05) is 29.8 Å². The fraction of sp³-hybridized carbons (Fsp3) is 0.0500. The van der Waals surface area contributed by atoms with Crippen molar-refractivity contribution in [2.24, 2.45) is 10.9 Å². The summed E-state index contributed by atoms with van der Waals surface area (Å²) in [7, 11) is 0. The maximum atomic E-state index is 13.0. The van der Waals surface area contributed by atoms with Gasteiger partial charge in [-0.15, -0.1) is 11.3 Å². The molecule has 1 atom stereocenters. The van der Waals surface area contributed by atoms with E-state index >= 15 is 0 Å². The van der Waals surface area contributed by atoms with Crippen molar-refractivity contribution in [2.75, 3.05) is 4.90 Å². The third kappa shape index (κ3) is 3.51. The number of amides is 2. The van der Waals surface area contributed by atoms with Gasteiger partial charge in [0.15, 0.2) is 11.0 Å². The number of halogens is 1. The van der Waals surface area contributed by atoms with E-state index in [0.717, 1.165) is 10.1 Å². The molecule has 2 heterocycles. The minimum absolute atomic E-state index is 0.00783. The van der Waals surface area contributed by atoms with Gasteiger partial charge in [-0.05, 0) is 42.5 Å². The number of hydrogen-bond acceptors (Lipinski definition) is 6. The molecule has 2 amide bonds. The number of nitriles is 1. The van der Waals surface area contributed by atoms with E-state index in [-0.39, 0.29) is 5.11 Å². The molecule has 1 aliphatic rings. The lowest BCUT2D eigenvalue weighted by Gasteiger charge is -2.30. The van der Waals surface area contributed by atoms with Crippen molar-refractivity contribution >= 4 is 79.1 Å². The van der Waals surface area contributed by atoms with Crippen LogP contribution in [-0.4, -0.2) is 23.1 Å². The summed E-state index contributed by atoms with van der Waals surface area (Å²) in [6.07, 6.45) is 1.26. The van der Waals surface area contributed by atoms with E-state index in [0.29, 0.717) is 21.3 Å². The third-order valence-corrected chi connectivity index (χ3v) is 5.93. The number of hydrogen-bond donors (Lipinski definition) is 1. The second-order valence-electron chi connectivity index (χ2n) is 6.09. The van der Waals surface area contributed by atoms with E-state index < -0.39 is 17.7 Å². The number of nitrogens with zero attached hydrogens (tertiary/aromatic N) is 3. The predicted molar refractivity (Wildman–Crippen MR) is 118 cm³/mol. The summed E-state index contributed by atoms with van der Waals surface area (Å²) in [6.45, 7) is 0. The molecule has 9 heteroatoms. The zero-order chi connectivity index (χ0) is 20.5. The fourth-order valence-electron chi connectivity index (χ4n) is 2.93. The highest BCUT2D eigenvalue weighted by molar-refractivity contribution is 7.80. The average Bonchev–Trinajstić information content (AvgIpc) is 3.06. The number of carbonyl (C=O) groups excluding carboxylic acids is 2. The Morgan fingerprint density at radius 1 is 1.21 bits per heavy atom. The number of anilines is 1. The normalized spacial score (nSPS) is 17.0. The van der Waals surface area contributed by atoms with Gasteiger partial charge < -0.3 is 5.32 Å². The Morgan fingerprint density at radius 2 is 1.93 bits per heavy atom. The van der Waals surface area contributed by atoms with Crippen LogP contribution in [0.4, 0.5) is 10.7 Å². The van der Waals surface area contributed by atoms with Crippen LogP contribution in [-0.2, 0) is 9.59 Å². The first-order valence-corrected chi connectivity index (χ1v) is 10.00. The number of nitrogens with one attached hydrogen (secondary N) is 1. The van der Waals surface area contributed by atoms with Crippen molar-refractivity contribution in [3.8, 4) is 6.07 Å². The molecule has 0 spiro atoms. The first-order chi connectivity index (χ1) is 14.0. The Hall–Kier alpha value is -3.12. The number of thiocarbonyl (C=S) groups is 1. The van der Waals surface area contributed by atoms with Gasteiger partial charge in [-0.2, -0.15) is 5.26 Å². The monoisotopic (exact) mass is 438 g/mol. The Labute approximate surface area is 180 Å². The summed E-state index contributed by atoms with van der Waals surface area (Å²) in [5.41, 5.74) is 0.901. The molecule has 6 nitrogen and oxygen atoms in total. The Kier molecular flexibility index (Phi) is 5.11. The standard InChI is InChI=1S/C20H11ClN4O2S2/c21-11-5-7-12(8-6-11)25-19(27)15(17(26)24-20(25)28)10-23-18-14(9-22)13-3-1-2-4-16(13)29-18/h1-8,10,15H,(H,24,26,28)/t15-/m0/s1. The molecule has 0 bridgehead atoms. The first-order valence-electron chi connectivity index (χ1n) is 8.40. The van der Waals surface area contributed by atoms with Crippen LogP contribution in [0, 0.1) is 17.2 Å². The molecular weight excluding hydrogens is 428 g/mol. The van der Waals surface area contributed by atoms with Crippen LogP contribution in [0.3, 0.4) is 0 Å². The van der Waals surface area contributed by atoms with Crippen LogP contribution in [0.25, 0.3) is 10.1 Å².